The maximum absolute atomic E-state index is 13.7. The Labute approximate surface area is 151 Å². The first-order chi connectivity index (χ1) is 11.5. The van der Waals surface area contributed by atoms with Gasteiger partial charge in [-0.1, -0.05) is 17.7 Å². The minimum absolute atomic E-state index is 0.276. The smallest absolute Gasteiger partial charge is 0.191 e. The molecule has 2 aromatic rings. The van der Waals surface area contributed by atoms with Crippen LogP contribution in [-0.4, -0.2) is 31.1 Å². The Kier molecular flexibility index (Phi) is 6.99. The lowest BCUT2D eigenvalue weighted by molar-refractivity contribution is 0.607. The number of aromatic nitrogens is 1. The van der Waals surface area contributed by atoms with E-state index in [2.05, 4.69) is 27.5 Å². The normalized spacial score (nSPS) is 11.6. The first-order valence-corrected chi connectivity index (χ1v) is 9.01. The van der Waals surface area contributed by atoms with Crippen molar-refractivity contribution in [1.29, 1.82) is 0 Å². The van der Waals surface area contributed by atoms with Crippen molar-refractivity contribution in [3.8, 4) is 0 Å². The minimum Gasteiger partial charge on any atom is -0.356 e. The number of benzene rings is 1. The molecule has 0 bridgehead atoms. The molecular formula is C17H22ClFN4S. The molecule has 0 radical (unpaired) electrons. The summed E-state index contributed by atoms with van der Waals surface area (Å²) in [5.41, 5.74) is 1.62. The molecule has 2 N–H and O–H groups in total. The predicted octanol–water partition coefficient (Wildman–Crippen LogP) is 3.50. The number of aliphatic imine (C=N–C) groups is 1. The summed E-state index contributed by atoms with van der Waals surface area (Å²) in [7, 11) is 1.71. The van der Waals surface area contributed by atoms with E-state index in [-0.39, 0.29) is 5.82 Å². The molecule has 0 atom stereocenters. The molecule has 4 nitrogen and oxygen atoms in total. The van der Waals surface area contributed by atoms with Crippen molar-refractivity contribution >= 4 is 28.9 Å². The van der Waals surface area contributed by atoms with Crippen molar-refractivity contribution in [2.45, 2.75) is 26.7 Å². The van der Waals surface area contributed by atoms with Crippen LogP contribution in [0.25, 0.3) is 0 Å². The number of thiazole rings is 1. The molecule has 0 spiro atoms. The standard InChI is InChI=1S/C17H22ClFN4S/c1-11-12(2)24-16(23-11)8-10-22-17(20-3)21-9-7-13-14(18)5-4-6-15(13)19/h4-6H,7-10H2,1-3H3,(H2,20,21,22). The van der Waals surface area contributed by atoms with E-state index in [0.717, 1.165) is 23.7 Å². The van der Waals surface area contributed by atoms with E-state index in [1.165, 1.54) is 10.9 Å². The van der Waals surface area contributed by atoms with Crippen LogP contribution in [0.5, 0.6) is 0 Å². The van der Waals surface area contributed by atoms with Crippen molar-refractivity contribution in [1.82, 2.24) is 15.6 Å². The van der Waals surface area contributed by atoms with Crippen LogP contribution < -0.4 is 10.6 Å². The van der Waals surface area contributed by atoms with Gasteiger partial charge in [-0.3, -0.25) is 4.99 Å². The Bertz CT molecular complexity index is 675. The number of nitrogens with one attached hydrogen (secondary N) is 2. The maximum Gasteiger partial charge on any atom is 0.191 e. The fraction of sp³-hybridized carbons (Fsp3) is 0.412. The van der Waals surface area contributed by atoms with Crippen LogP contribution >= 0.6 is 22.9 Å². The van der Waals surface area contributed by atoms with Gasteiger partial charge in [0.2, 0.25) is 0 Å². The van der Waals surface area contributed by atoms with E-state index < -0.39 is 0 Å². The average Bonchev–Trinajstić information content (AvgIpc) is 2.86. The summed E-state index contributed by atoms with van der Waals surface area (Å²) >= 11 is 7.75. The lowest BCUT2D eigenvalue weighted by Gasteiger charge is -2.12. The van der Waals surface area contributed by atoms with E-state index in [1.54, 1.807) is 30.5 Å². The van der Waals surface area contributed by atoms with Crippen molar-refractivity contribution in [2.24, 2.45) is 4.99 Å². The molecule has 2 rings (SSSR count). The Morgan fingerprint density at radius 1 is 1.25 bits per heavy atom. The number of hydrogen-bond donors (Lipinski definition) is 2. The monoisotopic (exact) mass is 368 g/mol. The van der Waals surface area contributed by atoms with Gasteiger partial charge in [0.05, 0.1) is 10.7 Å². The van der Waals surface area contributed by atoms with Gasteiger partial charge < -0.3 is 10.6 Å². The summed E-state index contributed by atoms with van der Waals surface area (Å²) in [6.07, 6.45) is 1.34. The highest BCUT2D eigenvalue weighted by atomic mass is 35.5. The highest BCUT2D eigenvalue weighted by molar-refractivity contribution is 7.11. The lowest BCUT2D eigenvalue weighted by Crippen LogP contribution is -2.39. The molecule has 0 saturated heterocycles. The van der Waals surface area contributed by atoms with Gasteiger partial charge in [-0.2, -0.15) is 0 Å². The van der Waals surface area contributed by atoms with Crippen LogP contribution in [-0.2, 0) is 12.8 Å². The molecule has 7 heteroatoms. The highest BCUT2D eigenvalue weighted by Crippen LogP contribution is 2.19. The molecule has 1 aromatic heterocycles. The molecular weight excluding hydrogens is 347 g/mol. The third-order valence-electron chi connectivity index (χ3n) is 3.66. The van der Waals surface area contributed by atoms with Crippen molar-refractivity contribution in [2.75, 3.05) is 20.1 Å². The Hall–Kier alpha value is -1.66. The quantitative estimate of drug-likeness (QED) is 0.606. The van der Waals surface area contributed by atoms with Crippen LogP contribution in [0.3, 0.4) is 0 Å². The summed E-state index contributed by atoms with van der Waals surface area (Å²) in [5.74, 6) is 0.411. The van der Waals surface area contributed by atoms with Crippen molar-refractivity contribution in [3.63, 3.8) is 0 Å². The third-order valence-corrected chi connectivity index (χ3v) is 5.14. The van der Waals surface area contributed by atoms with E-state index in [4.69, 9.17) is 11.6 Å². The molecule has 0 fully saturated rings. The summed E-state index contributed by atoms with van der Waals surface area (Å²) in [6.45, 7) is 5.40. The summed E-state index contributed by atoms with van der Waals surface area (Å²) in [6, 6.07) is 4.73. The number of rotatable bonds is 6. The second-order valence-electron chi connectivity index (χ2n) is 5.38. The van der Waals surface area contributed by atoms with Crippen LogP contribution in [0.2, 0.25) is 5.02 Å². The van der Waals surface area contributed by atoms with Crippen LogP contribution in [0.1, 0.15) is 21.1 Å². The van der Waals surface area contributed by atoms with Gasteiger partial charge in [-0.05, 0) is 32.4 Å². The molecule has 0 unspecified atom stereocenters. The second kappa shape index (κ2) is 8.99. The topological polar surface area (TPSA) is 49.3 Å². The Morgan fingerprint density at radius 3 is 2.54 bits per heavy atom. The van der Waals surface area contributed by atoms with Gasteiger partial charge in [0.15, 0.2) is 5.96 Å². The zero-order valence-electron chi connectivity index (χ0n) is 14.1. The minimum atomic E-state index is -0.276. The number of aryl methyl sites for hydroxylation is 2. The number of hydrogen-bond acceptors (Lipinski definition) is 3. The summed E-state index contributed by atoms with van der Waals surface area (Å²) < 4.78 is 13.7. The van der Waals surface area contributed by atoms with Gasteiger partial charge in [-0.25, -0.2) is 9.37 Å². The number of halogens is 2. The van der Waals surface area contributed by atoms with Gasteiger partial charge in [0.1, 0.15) is 5.82 Å². The van der Waals surface area contributed by atoms with Crippen LogP contribution in [0.15, 0.2) is 23.2 Å². The Morgan fingerprint density at radius 2 is 1.96 bits per heavy atom. The van der Waals surface area contributed by atoms with E-state index in [0.29, 0.717) is 29.5 Å². The SMILES string of the molecule is CN=C(NCCc1nc(C)c(C)s1)NCCc1c(F)cccc1Cl. The molecule has 0 amide bonds. The molecule has 1 aromatic carbocycles. The first-order valence-electron chi connectivity index (χ1n) is 7.81. The Balaban J connectivity index is 1.76. The summed E-state index contributed by atoms with van der Waals surface area (Å²) in [4.78, 5) is 9.94. The number of nitrogens with zero attached hydrogens (tertiary/aromatic N) is 2. The zero-order valence-corrected chi connectivity index (χ0v) is 15.7. The van der Waals surface area contributed by atoms with Crippen molar-refractivity contribution < 1.29 is 4.39 Å². The summed E-state index contributed by atoms with van der Waals surface area (Å²) in [5, 5.41) is 7.98. The van der Waals surface area contributed by atoms with Gasteiger partial charge in [0, 0.05) is 42.0 Å². The van der Waals surface area contributed by atoms with Gasteiger partial charge in [0.25, 0.3) is 0 Å². The maximum atomic E-state index is 13.7. The van der Waals surface area contributed by atoms with Crippen LogP contribution in [0.4, 0.5) is 4.39 Å². The zero-order chi connectivity index (χ0) is 17.5. The lowest BCUT2D eigenvalue weighted by atomic mass is 10.1. The van der Waals surface area contributed by atoms with Crippen molar-refractivity contribution in [3.05, 3.63) is 50.2 Å². The van der Waals surface area contributed by atoms with E-state index >= 15 is 0 Å². The highest BCUT2D eigenvalue weighted by Gasteiger charge is 2.07. The average molecular weight is 369 g/mol. The third kappa shape index (κ3) is 5.18. The van der Waals surface area contributed by atoms with Gasteiger partial charge >= 0.3 is 0 Å². The fourth-order valence-corrected chi connectivity index (χ4v) is 3.42. The van der Waals surface area contributed by atoms with E-state index in [1.807, 2.05) is 6.92 Å². The second-order valence-corrected chi connectivity index (χ2v) is 7.07. The molecule has 0 aliphatic rings. The van der Waals surface area contributed by atoms with Gasteiger partial charge in [-0.15, -0.1) is 11.3 Å². The molecule has 24 heavy (non-hydrogen) atoms. The molecule has 0 aliphatic carbocycles. The fourth-order valence-electron chi connectivity index (χ4n) is 2.23. The van der Waals surface area contributed by atoms with E-state index in [9.17, 15) is 4.39 Å². The predicted molar refractivity (Wildman–Crippen MR) is 99.8 cm³/mol. The van der Waals surface area contributed by atoms with Crippen LogP contribution in [0, 0.1) is 19.7 Å². The molecule has 0 aliphatic heterocycles. The first kappa shape index (κ1) is 18.7. The number of guanidine groups is 1. The molecule has 0 saturated carbocycles. The molecule has 130 valence electrons. The largest absolute Gasteiger partial charge is 0.356 e. The molecule has 1 heterocycles.